The lowest BCUT2D eigenvalue weighted by molar-refractivity contribution is -0.118. The molecule has 1 aliphatic rings. The number of hydrogen-bond donors (Lipinski definition) is 1. The van der Waals surface area contributed by atoms with Crippen LogP contribution in [0.2, 0.25) is 0 Å². The molecule has 2 aromatic rings. The van der Waals surface area contributed by atoms with Crippen molar-refractivity contribution in [3.63, 3.8) is 0 Å². The van der Waals surface area contributed by atoms with E-state index < -0.39 is 0 Å². The first kappa shape index (κ1) is 15.4. The van der Waals surface area contributed by atoms with Gasteiger partial charge in [-0.25, -0.2) is 5.43 Å². The molecule has 0 aromatic heterocycles. The molecule has 0 radical (unpaired) electrons. The number of hydrazone groups is 1. The van der Waals surface area contributed by atoms with Crippen molar-refractivity contribution >= 4 is 23.9 Å². The Balaban J connectivity index is 1.50. The van der Waals surface area contributed by atoms with E-state index in [-0.39, 0.29) is 12.7 Å². The summed E-state index contributed by atoms with van der Waals surface area (Å²) in [5.41, 5.74) is 4.52. The van der Waals surface area contributed by atoms with Gasteiger partial charge in [0.1, 0.15) is 0 Å². The fraction of sp³-hybridized carbons (Fsp3) is 0.176. The largest absolute Gasteiger partial charge is 0.454 e. The summed E-state index contributed by atoms with van der Waals surface area (Å²) in [7, 11) is 0. The summed E-state index contributed by atoms with van der Waals surface area (Å²) in [6.45, 7) is 2.26. The molecule has 5 nitrogen and oxygen atoms in total. The van der Waals surface area contributed by atoms with Gasteiger partial charge in [-0.2, -0.15) is 5.10 Å². The summed E-state index contributed by atoms with van der Waals surface area (Å²) in [4.78, 5) is 12.9. The molecule has 0 saturated carbocycles. The molecule has 0 unspecified atom stereocenters. The van der Waals surface area contributed by atoms with Crippen LogP contribution < -0.4 is 14.9 Å². The second-order valence-electron chi connectivity index (χ2n) is 4.96. The van der Waals surface area contributed by atoms with E-state index >= 15 is 0 Å². The highest BCUT2D eigenvalue weighted by atomic mass is 32.2. The Morgan fingerprint density at radius 1 is 1.26 bits per heavy atom. The maximum absolute atomic E-state index is 11.8. The topological polar surface area (TPSA) is 59.9 Å². The second-order valence-corrected chi connectivity index (χ2v) is 5.98. The number of carbonyl (C=O) groups is 1. The molecule has 0 saturated heterocycles. The Hall–Kier alpha value is -2.47. The van der Waals surface area contributed by atoms with Crippen LogP contribution in [0.25, 0.3) is 0 Å². The number of ether oxygens (including phenoxy) is 2. The number of hydrogen-bond acceptors (Lipinski definition) is 5. The first-order chi connectivity index (χ1) is 11.2. The minimum atomic E-state index is -0.143. The Morgan fingerprint density at radius 3 is 2.96 bits per heavy atom. The minimum Gasteiger partial charge on any atom is -0.454 e. The number of benzene rings is 2. The summed E-state index contributed by atoms with van der Waals surface area (Å²) in [6, 6.07) is 13.5. The third-order valence-electron chi connectivity index (χ3n) is 3.25. The van der Waals surface area contributed by atoms with E-state index in [1.54, 1.807) is 6.21 Å². The van der Waals surface area contributed by atoms with E-state index in [0.717, 1.165) is 21.8 Å². The van der Waals surface area contributed by atoms with Crippen molar-refractivity contribution in [2.24, 2.45) is 5.10 Å². The summed E-state index contributed by atoms with van der Waals surface area (Å²) >= 11 is 1.50. The number of nitrogens with zero attached hydrogens (tertiary/aromatic N) is 1. The molecule has 1 N–H and O–H groups in total. The molecule has 6 heteroatoms. The summed E-state index contributed by atoms with van der Waals surface area (Å²) in [5, 5.41) is 3.97. The monoisotopic (exact) mass is 328 g/mol. The van der Waals surface area contributed by atoms with Crippen LogP contribution in [0.4, 0.5) is 0 Å². The zero-order valence-electron chi connectivity index (χ0n) is 12.6. The molecule has 0 atom stereocenters. The van der Waals surface area contributed by atoms with Crippen LogP contribution in [-0.4, -0.2) is 24.7 Å². The van der Waals surface area contributed by atoms with E-state index in [2.05, 4.69) is 10.5 Å². The lowest BCUT2D eigenvalue weighted by atomic mass is 10.2. The molecule has 1 amide bonds. The van der Waals surface area contributed by atoms with Crippen LogP contribution in [0.1, 0.15) is 11.1 Å². The number of aryl methyl sites for hydroxylation is 1. The van der Waals surface area contributed by atoms with Crippen molar-refractivity contribution in [2.75, 3.05) is 12.5 Å². The molecule has 1 aliphatic heterocycles. The van der Waals surface area contributed by atoms with E-state index in [0.29, 0.717) is 11.5 Å². The molecule has 0 bridgehead atoms. The molecular weight excluding hydrogens is 312 g/mol. The molecule has 0 aliphatic carbocycles. The minimum absolute atomic E-state index is 0.143. The highest BCUT2D eigenvalue weighted by Crippen LogP contribution is 2.31. The van der Waals surface area contributed by atoms with Crippen LogP contribution >= 0.6 is 11.8 Å². The van der Waals surface area contributed by atoms with Gasteiger partial charge < -0.3 is 9.47 Å². The average molecular weight is 328 g/mol. The maximum atomic E-state index is 11.8. The van der Waals surface area contributed by atoms with Gasteiger partial charge in [-0.3, -0.25) is 4.79 Å². The van der Waals surface area contributed by atoms with Crippen LogP contribution in [0.15, 0.2) is 52.5 Å². The predicted molar refractivity (Wildman–Crippen MR) is 90.2 cm³/mol. The standard InChI is InChI=1S/C17H16N2O3S/c1-12-4-2-3-5-16(12)23-10-17(20)19-18-9-13-6-7-14-15(8-13)22-11-21-14/h2-9H,10-11H2,1H3,(H,19,20). The van der Waals surface area contributed by atoms with Gasteiger partial charge in [0, 0.05) is 4.90 Å². The predicted octanol–water partition coefficient (Wildman–Crippen LogP) is 2.97. The first-order valence-electron chi connectivity index (χ1n) is 7.12. The van der Waals surface area contributed by atoms with Crippen molar-refractivity contribution in [1.82, 2.24) is 5.43 Å². The van der Waals surface area contributed by atoms with Gasteiger partial charge in [-0.15, -0.1) is 11.8 Å². The Bertz CT molecular complexity index is 746. The van der Waals surface area contributed by atoms with Crippen LogP contribution in [0.5, 0.6) is 11.5 Å². The zero-order valence-corrected chi connectivity index (χ0v) is 13.4. The quantitative estimate of drug-likeness (QED) is 0.521. The van der Waals surface area contributed by atoms with E-state index in [1.807, 2.05) is 49.4 Å². The molecule has 3 rings (SSSR count). The molecule has 118 valence electrons. The fourth-order valence-electron chi connectivity index (χ4n) is 2.07. The van der Waals surface area contributed by atoms with Gasteiger partial charge in [-0.05, 0) is 42.3 Å². The number of fused-ring (bicyclic) bond motifs is 1. The van der Waals surface area contributed by atoms with E-state index in [1.165, 1.54) is 11.8 Å². The van der Waals surface area contributed by atoms with Crippen molar-refractivity contribution in [3.05, 3.63) is 53.6 Å². The van der Waals surface area contributed by atoms with Crippen molar-refractivity contribution in [2.45, 2.75) is 11.8 Å². The Morgan fingerprint density at radius 2 is 2.09 bits per heavy atom. The highest BCUT2D eigenvalue weighted by molar-refractivity contribution is 8.00. The lowest BCUT2D eigenvalue weighted by Gasteiger charge is -2.04. The van der Waals surface area contributed by atoms with Gasteiger partial charge in [-0.1, -0.05) is 18.2 Å². The number of thioether (sulfide) groups is 1. The number of nitrogens with one attached hydrogen (secondary N) is 1. The number of rotatable bonds is 5. The lowest BCUT2D eigenvalue weighted by Crippen LogP contribution is -2.19. The third kappa shape index (κ3) is 4.04. The fourth-order valence-corrected chi connectivity index (χ4v) is 2.89. The van der Waals surface area contributed by atoms with Gasteiger partial charge >= 0.3 is 0 Å². The smallest absolute Gasteiger partial charge is 0.250 e. The first-order valence-corrected chi connectivity index (χ1v) is 8.11. The van der Waals surface area contributed by atoms with Gasteiger partial charge in [0.05, 0.1) is 12.0 Å². The van der Waals surface area contributed by atoms with Crippen LogP contribution in [-0.2, 0) is 4.79 Å². The Labute approximate surface area is 138 Å². The van der Waals surface area contributed by atoms with Crippen molar-refractivity contribution < 1.29 is 14.3 Å². The van der Waals surface area contributed by atoms with E-state index in [9.17, 15) is 4.79 Å². The molecule has 1 heterocycles. The van der Waals surface area contributed by atoms with E-state index in [4.69, 9.17) is 9.47 Å². The molecular formula is C17H16N2O3S. The summed E-state index contributed by atoms with van der Waals surface area (Å²) < 4.78 is 10.5. The van der Waals surface area contributed by atoms with Crippen LogP contribution in [0, 0.1) is 6.92 Å². The SMILES string of the molecule is Cc1ccccc1SCC(=O)NN=Cc1ccc2c(c1)OCO2. The molecule has 23 heavy (non-hydrogen) atoms. The zero-order chi connectivity index (χ0) is 16.1. The highest BCUT2D eigenvalue weighted by Gasteiger charge is 2.12. The van der Waals surface area contributed by atoms with Crippen molar-refractivity contribution in [1.29, 1.82) is 0 Å². The van der Waals surface area contributed by atoms with Gasteiger partial charge in [0.2, 0.25) is 12.7 Å². The summed E-state index contributed by atoms with van der Waals surface area (Å²) in [5.74, 6) is 1.59. The van der Waals surface area contributed by atoms with Gasteiger partial charge in [0.15, 0.2) is 11.5 Å². The third-order valence-corrected chi connectivity index (χ3v) is 4.43. The maximum Gasteiger partial charge on any atom is 0.250 e. The normalized spacial score (nSPS) is 12.6. The molecule has 0 spiro atoms. The van der Waals surface area contributed by atoms with Crippen molar-refractivity contribution in [3.8, 4) is 11.5 Å². The second kappa shape index (κ2) is 7.19. The van der Waals surface area contributed by atoms with Crippen LogP contribution in [0.3, 0.4) is 0 Å². The Kier molecular flexibility index (Phi) is 4.83. The summed E-state index contributed by atoms with van der Waals surface area (Å²) in [6.07, 6.45) is 1.58. The number of amides is 1. The van der Waals surface area contributed by atoms with Gasteiger partial charge in [0.25, 0.3) is 0 Å². The average Bonchev–Trinajstić information content (AvgIpc) is 3.02. The number of carbonyl (C=O) groups excluding carboxylic acids is 1. The molecule has 2 aromatic carbocycles. The molecule has 0 fully saturated rings.